The lowest BCUT2D eigenvalue weighted by Crippen LogP contribution is -2.45. The number of esters is 3. The molecule has 0 fully saturated rings. The lowest BCUT2D eigenvalue weighted by Gasteiger charge is -2.31. The van der Waals surface area contributed by atoms with Gasteiger partial charge in [0.05, 0.1) is 20.3 Å². The molecule has 1 aliphatic heterocycles. The molecule has 0 aromatic heterocycles. The molecule has 134 valence electrons. The predicted molar refractivity (Wildman–Crippen MR) is 81.7 cm³/mol. The van der Waals surface area contributed by atoms with Crippen LogP contribution < -0.4 is 0 Å². The summed E-state index contributed by atoms with van der Waals surface area (Å²) in [5.74, 6) is -4.05. The van der Waals surface area contributed by atoms with Gasteiger partial charge in [-0.15, -0.1) is 0 Å². The molecular weight excluding hydrogens is 320 g/mol. The van der Waals surface area contributed by atoms with E-state index in [1.807, 2.05) is 0 Å². The maximum atomic E-state index is 12.3. The van der Waals surface area contributed by atoms with Crippen molar-refractivity contribution in [2.45, 2.75) is 32.2 Å². The molecule has 0 amide bonds. The van der Waals surface area contributed by atoms with Gasteiger partial charge in [0, 0.05) is 13.2 Å². The van der Waals surface area contributed by atoms with E-state index in [1.165, 1.54) is 33.3 Å². The molecule has 0 aromatic carbocycles. The number of carbonyl (C=O) groups is 3. The Hall–Kier alpha value is -2.19. The smallest absolute Gasteiger partial charge is 0.342 e. The van der Waals surface area contributed by atoms with E-state index in [4.69, 9.17) is 18.9 Å². The quantitative estimate of drug-likeness (QED) is 0.291. The first-order chi connectivity index (χ1) is 11.3. The van der Waals surface area contributed by atoms with Crippen molar-refractivity contribution in [2.24, 2.45) is 0 Å². The highest BCUT2D eigenvalue weighted by molar-refractivity contribution is 5.98. The van der Waals surface area contributed by atoms with Crippen molar-refractivity contribution >= 4 is 17.9 Å². The van der Waals surface area contributed by atoms with Gasteiger partial charge in [-0.3, -0.25) is 0 Å². The van der Waals surface area contributed by atoms with Crippen molar-refractivity contribution < 1.29 is 38.1 Å². The average molecular weight is 342 g/mol. The number of methoxy groups -OCH3 is 2. The summed E-state index contributed by atoms with van der Waals surface area (Å²) >= 11 is 0. The summed E-state index contributed by atoms with van der Waals surface area (Å²) in [6.07, 6.45) is 3.67. The summed E-state index contributed by atoms with van der Waals surface area (Å²) < 4.78 is 25.4. The topological polar surface area (TPSA) is 97.4 Å². The fourth-order valence-electron chi connectivity index (χ4n) is 2.14. The van der Waals surface area contributed by atoms with Gasteiger partial charge in [-0.2, -0.15) is 0 Å². The highest BCUT2D eigenvalue weighted by atomic mass is 16.7. The van der Waals surface area contributed by atoms with E-state index in [-0.39, 0.29) is 18.8 Å². The maximum Gasteiger partial charge on any atom is 0.342 e. The molecule has 1 aliphatic rings. The van der Waals surface area contributed by atoms with Crippen molar-refractivity contribution in [3.8, 4) is 0 Å². The summed E-state index contributed by atoms with van der Waals surface area (Å²) in [6.45, 7) is 4.90. The van der Waals surface area contributed by atoms with Gasteiger partial charge in [0.2, 0.25) is 5.79 Å². The number of ether oxygens (including phenoxy) is 5. The zero-order valence-electron chi connectivity index (χ0n) is 14.4. The Balaban J connectivity index is 3.29. The highest BCUT2D eigenvalue weighted by Gasteiger charge is 2.52. The molecule has 0 aliphatic carbocycles. The van der Waals surface area contributed by atoms with E-state index in [0.717, 1.165) is 6.08 Å². The minimum Gasteiger partial charge on any atom is -0.467 e. The van der Waals surface area contributed by atoms with Gasteiger partial charge in [0.15, 0.2) is 5.60 Å². The summed E-state index contributed by atoms with van der Waals surface area (Å²) in [5, 5.41) is 0. The Morgan fingerprint density at radius 2 is 1.71 bits per heavy atom. The molecule has 0 saturated heterocycles. The van der Waals surface area contributed by atoms with Crippen LogP contribution in [0.3, 0.4) is 0 Å². The van der Waals surface area contributed by atoms with E-state index in [0.29, 0.717) is 0 Å². The van der Waals surface area contributed by atoms with Crippen LogP contribution in [0.15, 0.2) is 23.8 Å². The largest absolute Gasteiger partial charge is 0.467 e. The van der Waals surface area contributed by atoms with Crippen molar-refractivity contribution in [1.29, 1.82) is 0 Å². The lowest BCUT2D eigenvalue weighted by molar-refractivity contribution is -0.213. The molecule has 0 bridgehead atoms. The van der Waals surface area contributed by atoms with Crippen LogP contribution in [0.5, 0.6) is 0 Å². The zero-order chi connectivity index (χ0) is 18.4. The van der Waals surface area contributed by atoms with Crippen molar-refractivity contribution in [1.82, 2.24) is 0 Å². The Bertz CT molecular complexity index is 564. The third kappa shape index (κ3) is 4.01. The molecule has 0 spiro atoms. The molecule has 0 aromatic rings. The Labute approximate surface area is 140 Å². The van der Waals surface area contributed by atoms with Crippen molar-refractivity contribution in [3.05, 3.63) is 23.8 Å². The third-order valence-electron chi connectivity index (χ3n) is 3.30. The SMILES string of the molecule is CCOC(=O)/C=C(\C(=O)OCC)[C@@]1(OC)C=C[C@@](C)(C(=O)OC)O1. The highest BCUT2D eigenvalue weighted by Crippen LogP contribution is 2.38. The van der Waals surface area contributed by atoms with E-state index in [9.17, 15) is 14.4 Å². The summed E-state index contributed by atoms with van der Waals surface area (Å²) in [4.78, 5) is 36.0. The first-order valence-electron chi connectivity index (χ1n) is 7.38. The Morgan fingerprint density at radius 1 is 1.08 bits per heavy atom. The van der Waals surface area contributed by atoms with Gasteiger partial charge >= 0.3 is 17.9 Å². The Kier molecular flexibility index (Phi) is 6.68. The average Bonchev–Trinajstić information content (AvgIpc) is 2.92. The fourth-order valence-corrected chi connectivity index (χ4v) is 2.14. The minimum atomic E-state index is -1.78. The second-order valence-electron chi connectivity index (χ2n) is 4.94. The molecule has 0 saturated carbocycles. The van der Waals surface area contributed by atoms with Gasteiger partial charge in [-0.05, 0) is 32.9 Å². The number of rotatable bonds is 7. The van der Waals surface area contributed by atoms with Crippen LogP contribution in [0.2, 0.25) is 0 Å². The van der Waals surface area contributed by atoms with Crippen LogP contribution >= 0.6 is 0 Å². The monoisotopic (exact) mass is 342 g/mol. The summed E-state index contributed by atoms with van der Waals surface area (Å²) in [5.41, 5.74) is -1.72. The van der Waals surface area contributed by atoms with Crippen LogP contribution in [0, 0.1) is 0 Å². The first-order valence-corrected chi connectivity index (χ1v) is 7.38. The van der Waals surface area contributed by atoms with Gasteiger partial charge < -0.3 is 23.7 Å². The van der Waals surface area contributed by atoms with Crippen molar-refractivity contribution in [3.63, 3.8) is 0 Å². The summed E-state index contributed by atoms with van der Waals surface area (Å²) in [6, 6.07) is 0. The molecular formula is C16H22O8. The van der Waals surface area contributed by atoms with Crippen LogP contribution in [-0.4, -0.2) is 56.7 Å². The summed E-state index contributed by atoms with van der Waals surface area (Å²) in [7, 11) is 2.48. The van der Waals surface area contributed by atoms with Crippen LogP contribution in [0.4, 0.5) is 0 Å². The van der Waals surface area contributed by atoms with E-state index < -0.39 is 29.3 Å². The van der Waals surface area contributed by atoms with E-state index in [2.05, 4.69) is 4.74 Å². The molecule has 2 atom stereocenters. The molecule has 0 N–H and O–H groups in total. The van der Waals surface area contributed by atoms with Crippen LogP contribution in [0.25, 0.3) is 0 Å². The van der Waals surface area contributed by atoms with Crippen LogP contribution in [0.1, 0.15) is 20.8 Å². The van der Waals surface area contributed by atoms with Crippen LogP contribution in [-0.2, 0) is 38.1 Å². The molecule has 1 rings (SSSR count). The standard InChI is InChI=1S/C16H22O8/c1-6-22-12(17)10-11(13(18)23-7-2)16(21-5)9-8-15(3,24-16)14(19)20-4/h8-10H,6-7H2,1-5H3/b11-10+/t15-,16+/m0/s1. The van der Waals surface area contributed by atoms with Gasteiger partial charge in [-0.25, -0.2) is 14.4 Å². The minimum absolute atomic E-state index is 0.0801. The second kappa shape index (κ2) is 8.07. The first kappa shape index (κ1) is 19.9. The number of hydrogen-bond donors (Lipinski definition) is 0. The lowest BCUT2D eigenvalue weighted by atomic mass is 10.1. The molecule has 8 nitrogen and oxygen atoms in total. The molecule has 24 heavy (non-hydrogen) atoms. The molecule has 8 heteroatoms. The number of hydrogen-bond acceptors (Lipinski definition) is 8. The van der Waals surface area contributed by atoms with E-state index in [1.54, 1.807) is 13.8 Å². The van der Waals surface area contributed by atoms with Gasteiger partial charge in [0.1, 0.15) is 5.57 Å². The second-order valence-corrected chi connectivity index (χ2v) is 4.94. The third-order valence-corrected chi connectivity index (χ3v) is 3.30. The van der Waals surface area contributed by atoms with Gasteiger partial charge in [-0.1, -0.05) is 0 Å². The zero-order valence-corrected chi connectivity index (χ0v) is 14.4. The van der Waals surface area contributed by atoms with E-state index >= 15 is 0 Å². The number of carbonyl (C=O) groups excluding carboxylic acids is 3. The van der Waals surface area contributed by atoms with Gasteiger partial charge in [0.25, 0.3) is 0 Å². The fraction of sp³-hybridized carbons (Fsp3) is 0.562. The maximum absolute atomic E-state index is 12.3. The molecule has 1 heterocycles. The molecule has 0 unspecified atom stereocenters. The Morgan fingerprint density at radius 3 is 2.21 bits per heavy atom. The predicted octanol–water partition coefficient (Wildman–Crippen LogP) is 0.900. The van der Waals surface area contributed by atoms with Crippen molar-refractivity contribution in [2.75, 3.05) is 27.4 Å². The molecule has 0 radical (unpaired) electrons. The normalized spacial score (nSPS) is 26.1.